The Hall–Kier alpha value is -1.70. The van der Waals surface area contributed by atoms with Crippen molar-refractivity contribution in [2.24, 2.45) is 0 Å². The van der Waals surface area contributed by atoms with Gasteiger partial charge in [0.05, 0.1) is 17.3 Å². The minimum absolute atomic E-state index is 0.0992. The van der Waals surface area contributed by atoms with Crippen molar-refractivity contribution >= 4 is 11.3 Å². The van der Waals surface area contributed by atoms with Gasteiger partial charge in [0.15, 0.2) is 0 Å². The molecule has 0 saturated heterocycles. The van der Waals surface area contributed by atoms with Crippen LogP contribution in [0.3, 0.4) is 0 Å². The zero-order valence-corrected chi connectivity index (χ0v) is 12.6. The van der Waals surface area contributed by atoms with Crippen molar-refractivity contribution in [1.82, 2.24) is 4.98 Å². The summed E-state index contributed by atoms with van der Waals surface area (Å²) in [5.41, 5.74) is 2.66. The molecule has 1 heterocycles. The van der Waals surface area contributed by atoms with E-state index in [4.69, 9.17) is 10.00 Å². The van der Waals surface area contributed by atoms with Crippen LogP contribution in [0.4, 0.5) is 0 Å². The van der Waals surface area contributed by atoms with E-state index in [1.54, 1.807) is 11.3 Å². The van der Waals surface area contributed by atoms with Crippen molar-refractivity contribution in [3.8, 4) is 17.3 Å². The molecule has 0 saturated carbocycles. The van der Waals surface area contributed by atoms with E-state index < -0.39 is 0 Å². The van der Waals surface area contributed by atoms with Gasteiger partial charge in [0.2, 0.25) is 0 Å². The number of ether oxygens (including phenoxy) is 1. The summed E-state index contributed by atoms with van der Waals surface area (Å²) in [5, 5.41) is 11.9. The van der Waals surface area contributed by atoms with Gasteiger partial charge >= 0.3 is 0 Å². The third kappa shape index (κ3) is 3.44. The Balaban J connectivity index is 2.20. The number of aromatic nitrogens is 1. The van der Waals surface area contributed by atoms with E-state index >= 15 is 0 Å². The van der Waals surface area contributed by atoms with Crippen LogP contribution in [0.5, 0.6) is 0 Å². The first kappa shape index (κ1) is 14.7. The van der Waals surface area contributed by atoms with E-state index in [-0.39, 0.29) is 6.10 Å². The maximum atomic E-state index is 8.81. The molecule has 0 aliphatic carbocycles. The maximum Gasteiger partial charge on any atom is 0.122 e. The van der Waals surface area contributed by atoms with Crippen LogP contribution in [-0.2, 0) is 4.74 Å². The lowest BCUT2D eigenvalue weighted by molar-refractivity contribution is 0.0555. The van der Waals surface area contributed by atoms with Gasteiger partial charge < -0.3 is 4.74 Å². The molecule has 3 nitrogen and oxygen atoms in total. The topological polar surface area (TPSA) is 45.9 Å². The van der Waals surface area contributed by atoms with Crippen LogP contribution in [0.25, 0.3) is 11.3 Å². The van der Waals surface area contributed by atoms with Crippen LogP contribution in [0.1, 0.15) is 43.4 Å². The van der Waals surface area contributed by atoms with Gasteiger partial charge in [0, 0.05) is 17.6 Å². The summed E-state index contributed by atoms with van der Waals surface area (Å²) in [7, 11) is 0. The molecule has 1 aromatic heterocycles. The van der Waals surface area contributed by atoms with Gasteiger partial charge in [-0.25, -0.2) is 4.98 Å². The second-order valence-corrected chi connectivity index (χ2v) is 5.38. The Morgan fingerprint density at radius 3 is 2.65 bits per heavy atom. The van der Waals surface area contributed by atoms with Crippen LogP contribution >= 0.6 is 11.3 Å². The largest absolute Gasteiger partial charge is 0.371 e. The summed E-state index contributed by atoms with van der Waals surface area (Å²) in [5.74, 6) is 0. The molecule has 0 bridgehead atoms. The lowest BCUT2D eigenvalue weighted by atomic mass is 10.1. The van der Waals surface area contributed by atoms with Gasteiger partial charge in [-0.2, -0.15) is 5.26 Å². The minimum Gasteiger partial charge on any atom is -0.371 e. The minimum atomic E-state index is 0.0992. The number of rotatable bonds is 6. The van der Waals surface area contributed by atoms with Gasteiger partial charge in [-0.05, 0) is 25.5 Å². The van der Waals surface area contributed by atoms with E-state index in [9.17, 15) is 0 Å². The molecular formula is C16H18N2OS. The number of hydrogen-bond donors (Lipinski definition) is 0. The molecule has 4 heteroatoms. The maximum absolute atomic E-state index is 8.81. The van der Waals surface area contributed by atoms with Crippen LogP contribution in [-0.4, -0.2) is 11.6 Å². The third-order valence-electron chi connectivity index (χ3n) is 3.03. The molecule has 0 radical (unpaired) electrons. The van der Waals surface area contributed by atoms with E-state index in [0.29, 0.717) is 12.2 Å². The Morgan fingerprint density at radius 1 is 1.30 bits per heavy atom. The number of nitrogens with zero attached hydrogens (tertiary/aromatic N) is 2. The monoisotopic (exact) mass is 286 g/mol. The standard InChI is InChI=1S/C16H18N2OS/c1-3-5-15(19-4-2)16-18-14(11-20-16)13-8-6-12(10-17)7-9-13/h6-9,11,15H,3-5H2,1-2H3. The van der Waals surface area contributed by atoms with Crippen LogP contribution in [0, 0.1) is 11.3 Å². The molecule has 104 valence electrons. The Kier molecular flexibility index (Phi) is 5.28. The average Bonchev–Trinajstić information content (AvgIpc) is 2.97. The van der Waals surface area contributed by atoms with Crippen molar-refractivity contribution in [2.45, 2.75) is 32.8 Å². The second-order valence-electron chi connectivity index (χ2n) is 4.49. The smallest absolute Gasteiger partial charge is 0.122 e. The zero-order chi connectivity index (χ0) is 14.4. The van der Waals surface area contributed by atoms with Gasteiger partial charge in [-0.15, -0.1) is 11.3 Å². The number of hydrogen-bond acceptors (Lipinski definition) is 4. The predicted octanol–water partition coefficient (Wildman–Crippen LogP) is 4.56. The van der Waals surface area contributed by atoms with Gasteiger partial charge in [-0.1, -0.05) is 25.5 Å². The Bertz CT molecular complexity index is 577. The SMILES string of the molecule is CCCC(OCC)c1nc(-c2ccc(C#N)cc2)cs1. The first-order valence-electron chi connectivity index (χ1n) is 6.86. The van der Waals surface area contributed by atoms with Crippen molar-refractivity contribution in [3.05, 3.63) is 40.2 Å². The molecule has 0 amide bonds. The molecular weight excluding hydrogens is 268 g/mol. The van der Waals surface area contributed by atoms with Crippen molar-refractivity contribution in [3.63, 3.8) is 0 Å². The fourth-order valence-corrected chi connectivity index (χ4v) is 2.93. The number of thiazole rings is 1. The van der Waals surface area contributed by atoms with E-state index in [2.05, 4.69) is 23.4 Å². The van der Waals surface area contributed by atoms with Gasteiger partial charge in [0.1, 0.15) is 11.1 Å². The first-order valence-corrected chi connectivity index (χ1v) is 7.74. The van der Waals surface area contributed by atoms with E-state index in [0.717, 1.165) is 29.1 Å². The van der Waals surface area contributed by atoms with Crippen LogP contribution in [0.2, 0.25) is 0 Å². The average molecular weight is 286 g/mol. The summed E-state index contributed by atoms with van der Waals surface area (Å²) >= 11 is 1.64. The summed E-state index contributed by atoms with van der Waals surface area (Å²) < 4.78 is 5.76. The highest BCUT2D eigenvalue weighted by atomic mass is 32.1. The highest BCUT2D eigenvalue weighted by molar-refractivity contribution is 7.10. The van der Waals surface area contributed by atoms with Crippen molar-refractivity contribution < 1.29 is 4.74 Å². The van der Waals surface area contributed by atoms with Crippen LogP contribution in [0.15, 0.2) is 29.6 Å². The molecule has 1 aromatic carbocycles. The van der Waals surface area contributed by atoms with Crippen LogP contribution < -0.4 is 0 Å². The quantitative estimate of drug-likeness (QED) is 0.782. The molecule has 0 fully saturated rings. The Labute approximate surface area is 123 Å². The van der Waals surface area contributed by atoms with E-state index in [1.165, 1.54) is 0 Å². The predicted molar refractivity (Wildman–Crippen MR) is 81.5 cm³/mol. The lowest BCUT2D eigenvalue weighted by Crippen LogP contribution is -2.03. The molecule has 1 atom stereocenters. The second kappa shape index (κ2) is 7.18. The van der Waals surface area contributed by atoms with Crippen molar-refractivity contribution in [2.75, 3.05) is 6.61 Å². The molecule has 20 heavy (non-hydrogen) atoms. The lowest BCUT2D eigenvalue weighted by Gasteiger charge is -2.12. The number of nitriles is 1. The number of benzene rings is 1. The van der Waals surface area contributed by atoms with E-state index in [1.807, 2.05) is 31.2 Å². The molecule has 0 aliphatic heterocycles. The highest BCUT2D eigenvalue weighted by Gasteiger charge is 2.15. The summed E-state index contributed by atoms with van der Waals surface area (Å²) in [6, 6.07) is 9.64. The molecule has 2 rings (SSSR count). The third-order valence-corrected chi connectivity index (χ3v) is 3.96. The molecule has 0 N–H and O–H groups in total. The normalized spacial score (nSPS) is 12.1. The molecule has 0 spiro atoms. The zero-order valence-electron chi connectivity index (χ0n) is 11.8. The Morgan fingerprint density at radius 2 is 2.05 bits per heavy atom. The highest BCUT2D eigenvalue weighted by Crippen LogP contribution is 2.29. The fraction of sp³-hybridized carbons (Fsp3) is 0.375. The van der Waals surface area contributed by atoms with Gasteiger partial charge in [0.25, 0.3) is 0 Å². The van der Waals surface area contributed by atoms with Crippen molar-refractivity contribution in [1.29, 1.82) is 5.26 Å². The molecule has 2 aromatic rings. The first-order chi connectivity index (χ1) is 9.78. The summed E-state index contributed by atoms with van der Waals surface area (Å²) in [6.45, 7) is 4.87. The summed E-state index contributed by atoms with van der Waals surface area (Å²) in [6.07, 6.45) is 2.17. The summed E-state index contributed by atoms with van der Waals surface area (Å²) in [4.78, 5) is 4.68. The molecule has 1 unspecified atom stereocenters. The van der Waals surface area contributed by atoms with Gasteiger partial charge in [-0.3, -0.25) is 0 Å². The fourth-order valence-electron chi connectivity index (χ4n) is 2.03. The molecule has 0 aliphatic rings.